The van der Waals surface area contributed by atoms with Gasteiger partial charge in [0.2, 0.25) is 0 Å². The number of carbonyl (C=O) groups excluding carboxylic acids is 1. The van der Waals surface area contributed by atoms with E-state index in [4.69, 9.17) is 4.74 Å². The molecule has 1 aromatic rings. The summed E-state index contributed by atoms with van der Waals surface area (Å²) in [6.45, 7) is 7.55. The van der Waals surface area contributed by atoms with E-state index in [1.54, 1.807) is 0 Å². The van der Waals surface area contributed by atoms with E-state index in [0.717, 1.165) is 69.2 Å². The fraction of sp³-hybridized carbons (Fsp3) is 0.714. The Kier molecular flexibility index (Phi) is 3.76. The minimum atomic E-state index is 0.564. The molecular weight excluding hydrogens is 256 g/mol. The number of carbonyl (C=O) groups is 1. The highest BCUT2D eigenvalue weighted by Crippen LogP contribution is 2.27. The van der Waals surface area contributed by atoms with Gasteiger partial charge in [0.25, 0.3) is 0 Å². The maximum Gasteiger partial charge on any atom is 0.155 e. The third kappa shape index (κ3) is 2.33. The Morgan fingerprint density at radius 2 is 2.05 bits per heavy atom. The van der Waals surface area contributed by atoms with E-state index in [2.05, 4.69) is 14.9 Å². The highest BCUT2D eigenvalue weighted by molar-refractivity contribution is 5.84. The standard InChI is InChI=1S/C14H22N4O2/c1-11-13(10-19)14(16(2)15-11)18-4-3-12(9-18)17-5-7-20-8-6-17/h10,12H,3-9H2,1-2H3. The SMILES string of the molecule is Cc1nn(C)c(N2CCC(N3CCOCC3)C2)c1C=O. The highest BCUT2D eigenvalue weighted by atomic mass is 16.5. The molecule has 2 aliphatic heterocycles. The fourth-order valence-electron chi connectivity index (χ4n) is 3.35. The zero-order valence-electron chi connectivity index (χ0n) is 12.2. The number of morpholine rings is 1. The van der Waals surface area contributed by atoms with Crippen molar-refractivity contribution in [2.45, 2.75) is 19.4 Å². The normalized spacial score (nSPS) is 24.3. The van der Waals surface area contributed by atoms with E-state index in [9.17, 15) is 4.79 Å². The molecule has 6 nitrogen and oxygen atoms in total. The smallest absolute Gasteiger partial charge is 0.155 e. The molecule has 1 atom stereocenters. The molecular formula is C14H22N4O2. The van der Waals surface area contributed by atoms with Crippen molar-refractivity contribution in [3.63, 3.8) is 0 Å². The minimum Gasteiger partial charge on any atom is -0.379 e. The van der Waals surface area contributed by atoms with Crippen molar-refractivity contribution in [3.05, 3.63) is 11.3 Å². The second-order valence-corrected chi connectivity index (χ2v) is 5.60. The number of hydrogen-bond acceptors (Lipinski definition) is 5. The van der Waals surface area contributed by atoms with Crippen molar-refractivity contribution in [2.24, 2.45) is 7.05 Å². The van der Waals surface area contributed by atoms with Gasteiger partial charge in [0.05, 0.1) is 24.5 Å². The van der Waals surface area contributed by atoms with Gasteiger partial charge in [0.15, 0.2) is 6.29 Å². The number of nitrogens with zero attached hydrogens (tertiary/aromatic N) is 4. The van der Waals surface area contributed by atoms with Gasteiger partial charge in [0, 0.05) is 39.3 Å². The van der Waals surface area contributed by atoms with Crippen LogP contribution in [-0.2, 0) is 11.8 Å². The lowest BCUT2D eigenvalue weighted by Crippen LogP contribution is -2.44. The van der Waals surface area contributed by atoms with Crippen molar-refractivity contribution < 1.29 is 9.53 Å². The molecule has 1 unspecified atom stereocenters. The Hall–Kier alpha value is -1.40. The molecule has 110 valence electrons. The summed E-state index contributed by atoms with van der Waals surface area (Å²) in [5.74, 6) is 0.966. The first-order chi connectivity index (χ1) is 9.70. The van der Waals surface area contributed by atoms with Crippen molar-refractivity contribution in [3.8, 4) is 0 Å². The number of anilines is 1. The first kappa shape index (κ1) is 13.6. The Balaban J connectivity index is 1.75. The van der Waals surface area contributed by atoms with Gasteiger partial charge in [0.1, 0.15) is 5.82 Å². The van der Waals surface area contributed by atoms with Crippen LogP contribution >= 0.6 is 0 Å². The fourth-order valence-corrected chi connectivity index (χ4v) is 3.35. The maximum absolute atomic E-state index is 11.3. The molecule has 1 aromatic heterocycles. The molecule has 0 aliphatic carbocycles. The van der Waals surface area contributed by atoms with E-state index in [-0.39, 0.29) is 0 Å². The van der Waals surface area contributed by atoms with Crippen molar-refractivity contribution in [2.75, 3.05) is 44.3 Å². The van der Waals surface area contributed by atoms with Crippen LogP contribution in [-0.4, -0.2) is 66.4 Å². The number of aromatic nitrogens is 2. The molecule has 2 aliphatic rings. The van der Waals surface area contributed by atoms with Crippen molar-refractivity contribution in [1.29, 1.82) is 0 Å². The molecule has 0 N–H and O–H groups in total. The van der Waals surface area contributed by atoms with Crippen LogP contribution in [0.4, 0.5) is 5.82 Å². The molecule has 0 amide bonds. The quantitative estimate of drug-likeness (QED) is 0.752. The van der Waals surface area contributed by atoms with Gasteiger partial charge in [-0.1, -0.05) is 0 Å². The molecule has 6 heteroatoms. The molecule has 0 radical (unpaired) electrons. The largest absolute Gasteiger partial charge is 0.379 e. The molecule has 2 saturated heterocycles. The predicted octanol–water partition coefficient (Wildman–Crippen LogP) is 0.452. The van der Waals surface area contributed by atoms with Gasteiger partial charge >= 0.3 is 0 Å². The third-order valence-electron chi connectivity index (χ3n) is 4.38. The summed E-state index contributed by atoms with van der Waals surface area (Å²) in [5, 5.41) is 4.37. The topological polar surface area (TPSA) is 50.6 Å². The zero-order valence-corrected chi connectivity index (χ0v) is 12.2. The number of rotatable bonds is 3. The van der Waals surface area contributed by atoms with Crippen LogP contribution in [0.5, 0.6) is 0 Å². The van der Waals surface area contributed by atoms with E-state index in [0.29, 0.717) is 6.04 Å². The van der Waals surface area contributed by atoms with Crippen LogP contribution in [0, 0.1) is 6.92 Å². The van der Waals surface area contributed by atoms with Gasteiger partial charge in [-0.05, 0) is 13.3 Å². The van der Waals surface area contributed by atoms with Crippen molar-refractivity contribution >= 4 is 12.1 Å². The maximum atomic E-state index is 11.3. The van der Waals surface area contributed by atoms with E-state index >= 15 is 0 Å². The van der Waals surface area contributed by atoms with Gasteiger partial charge in [-0.25, -0.2) is 0 Å². The average Bonchev–Trinajstić information content (AvgIpc) is 3.03. The summed E-state index contributed by atoms with van der Waals surface area (Å²) in [6, 6.07) is 0.564. The number of aryl methyl sites for hydroxylation is 2. The van der Waals surface area contributed by atoms with E-state index in [1.165, 1.54) is 0 Å². The van der Waals surface area contributed by atoms with E-state index in [1.807, 2.05) is 18.7 Å². The number of ether oxygens (including phenoxy) is 1. The molecule has 3 heterocycles. The van der Waals surface area contributed by atoms with Crippen LogP contribution in [0.25, 0.3) is 0 Å². The number of aldehydes is 1. The van der Waals surface area contributed by atoms with Gasteiger partial charge in [-0.2, -0.15) is 5.10 Å². The summed E-state index contributed by atoms with van der Waals surface area (Å²) >= 11 is 0. The average molecular weight is 278 g/mol. The lowest BCUT2D eigenvalue weighted by atomic mass is 10.2. The van der Waals surface area contributed by atoms with Crippen LogP contribution in [0.15, 0.2) is 0 Å². The van der Waals surface area contributed by atoms with Crippen LogP contribution < -0.4 is 4.90 Å². The monoisotopic (exact) mass is 278 g/mol. The lowest BCUT2D eigenvalue weighted by molar-refractivity contribution is 0.0209. The van der Waals surface area contributed by atoms with Crippen LogP contribution in [0.2, 0.25) is 0 Å². The first-order valence-corrected chi connectivity index (χ1v) is 7.26. The summed E-state index contributed by atoms with van der Waals surface area (Å²) in [7, 11) is 1.91. The van der Waals surface area contributed by atoms with Gasteiger partial charge < -0.3 is 9.64 Å². The lowest BCUT2D eigenvalue weighted by Gasteiger charge is -2.32. The predicted molar refractivity (Wildman–Crippen MR) is 76.3 cm³/mol. The number of hydrogen-bond donors (Lipinski definition) is 0. The summed E-state index contributed by atoms with van der Waals surface area (Å²) in [4.78, 5) is 16.1. The Morgan fingerprint density at radius 3 is 2.75 bits per heavy atom. The molecule has 0 saturated carbocycles. The van der Waals surface area contributed by atoms with Gasteiger partial charge in [-0.3, -0.25) is 14.4 Å². The Bertz CT molecular complexity index is 494. The summed E-state index contributed by atoms with van der Waals surface area (Å²) in [6.07, 6.45) is 2.07. The molecule has 3 rings (SSSR count). The molecule has 0 bridgehead atoms. The Morgan fingerprint density at radius 1 is 1.30 bits per heavy atom. The summed E-state index contributed by atoms with van der Waals surface area (Å²) in [5.41, 5.74) is 1.54. The second kappa shape index (κ2) is 5.54. The minimum absolute atomic E-state index is 0.564. The van der Waals surface area contributed by atoms with Gasteiger partial charge in [-0.15, -0.1) is 0 Å². The summed E-state index contributed by atoms with van der Waals surface area (Å²) < 4.78 is 7.25. The molecule has 0 aromatic carbocycles. The highest BCUT2D eigenvalue weighted by Gasteiger charge is 2.31. The van der Waals surface area contributed by atoms with Crippen LogP contribution in [0.1, 0.15) is 22.5 Å². The molecule has 0 spiro atoms. The molecule has 20 heavy (non-hydrogen) atoms. The van der Waals surface area contributed by atoms with Crippen LogP contribution in [0.3, 0.4) is 0 Å². The second-order valence-electron chi connectivity index (χ2n) is 5.60. The first-order valence-electron chi connectivity index (χ1n) is 7.26. The third-order valence-corrected chi connectivity index (χ3v) is 4.38. The Labute approximate surface area is 119 Å². The molecule has 2 fully saturated rings. The zero-order chi connectivity index (χ0) is 14.1. The van der Waals surface area contributed by atoms with Crippen molar-refractivity contribution in [1.82, 2.24) is 14.7 Å². The van der Waals surface area contributed by atoms with E-state index < -0.39 is 0 Å².